The predicted octanol–water partition coefficient (Wildman–Crippen LogP) is 3.09. The molecule has 4 nitrogen and oxygen atoms in total. The molecule has 0 spiro atoms. The van der Waals surface area contributed by atoms with Gasteiger partial charge in [0.05, 0.1) is 0 Å². The minimum absolute atomic E-state index is 0.127. The molecule has 1 aromatic carbocycles. The van der Waals surface area contributed by atoms with Gasteiger partial charge in [0, 0.05) is 24.1 Å². The number of nitrogens with one attached hydrogen (secondary N) is 2. The zero-order chi connectivity index (χ0) is 15.8. The molecule has 1 aromatic rings. The van der Waals surface area contributed by atoms with Gasteiger partial charge in [0.2, 0.25) is 11.8 Å². The van der Waals surface area contributed by atoms with Crippen LogP contribution in [0.5, 0.6) is 0 Å². The predicted molar refractivity (Wildman–Crippen MR) is 88.6 cm³/mol. The molecule has 2 unspecified atom stereocenters. The van der Waals surface area contributed by atoms with Crippen molar-refractivity contribution in [2.75, 3.05) is 5.32 Å². The molecule has 2 N–H and O–H groups in total. The third-order valence-electron chi connectivity index (χ3n) is 5.54. The Morgan fingerprint density at radius 1 is 1.09 bits per heavy atom. The van der Waals surface area contributed by atoms with Gasteiger partial charge in [-0.2, -0.15) is 0 Å². The van der Waals surface area contributed by atoms with Gasteiger partial charge in [-0.25, -0.2) is 0 Å². The Balaban J connectivity index is 1.28. The number of amides is 2. The van der Waals surface area contributed by atoms with E-state index >= 15 is 0 Å². The standard InChI is InChI=1S/C19H24N2O2/c22-18(14-4-2-5-14)21-15-6-1-3-12(9-15)11-20-19(23)17-10-16(17)13-7-8-13/h1,3,6,9,13-14,16-17H,2,4-5,7-8,10-11H2,(H,20,23)(H,21,22). The van der Waals surface area contributed by atoms with Crippen molar-refractivity contribution in [2.45, 2.75) is 45.1 Å². The van der Waals surface area contributed by atoms with E-state index in [0.717, 1.165) is 42.9 Å². The number of carbonyl (C=O) groups excluding carboxylic acids is 2. The highest BCUT2D eigenvalue weighted by Gasteiger charge is 2.50. The largest absolute Gasteiger partial charge is 0.352 e. The average Bonchev–Trinajstić information content (AvgIpc) is 3.35. The third-order valence-corrected chi connectivity index (χ3v) is 5.54. The highest BCUT2D eigenvalue weighted by atomic mass is 16.2. The maximum Gasteiger partial charge on any atom is 0.227 e. The van der Waals surface area contributed by atoms with Gasteiger partial charge in [-0.3, -0.25) is 9.59 Å². The van der Waals surface area contributed by atoms with Crippen molar-refractivity contribution in [1.29, 1.82) is 0 Å². The first-order valence-electron chi connectivity index (χ1n) is 8.88. The normalized spacial score (nSPS) is 26.3. The van der Waals surface area contributed by atoms with Crippen LogP contribution in [-0.4, -0.2) is 11.8 Å². The average molecular weight is 312 g/mol. The Labute approximate surface area is 137 Å². The second kappa shape index (κ2) is 5.99. The number of hydrogen-bond donors (Lipinski definition) is 2. The fraction of sp³-hybridized carbons (Fsp3) is 0.579. The molecule has 3 aliphatic carbocycles. The SMILES string of the molecule is O=C(Nc1cccc(CNC(=O)C2CC2C2CC2)c1)C1CCC1. The first kappa shape index (κ1) is 14.7. The molecule has 4 heteroatoms. The molecule has 0 saturated heterocycles. The number of rotatable bonds is 6. The highest BCUT2D eigenvalue weighted by Crippen LogP contribution is 2.54. The van der Waals surface area contributed by atoms with E-state index in [-0.39, 0.29) is 23.7 Å². The van der Waals surface area contributed by atoms with Gasteiger partial charge < -0.3 is 10.6 Å². The summed E-state index contributed by atoms with van der Waals surface area (Å²) < 4.78 is 0. The molecule has 4 rings (SSSR count). The molecule has 0 bridgehead atoms. The van der Waals surface area contributed by atoms with E-state index in [1.807, 2.05) is 24.3 Å². The Bertz CT molecular complexity index is 620. The van der Waals surface area contributed by atoms with Gasteiger partial charge in [0.15, 0.2) is 0 Å². The van der Waals surface area contributed by atoms with E-state index in [1.165, 1.54) is 12.8 Å². The van der Waals surface area contributed by atoms with E-state index in [1.54, 1.807) is 0 Å². The van der Waals surface area contributed by atoms with Gasteiger partial charge >= 0.3 is 0 Å². The summed E-state index contributed by atoms with van der Waals surface area (Å²) in [7, 11) is 0. The summed E-state index contributed by atoms with van der Waals surface area (Å²) in [5, 5.41) is 6.03. The van der Waals surface area contributed by atoms with Gasteiger partial charge in [-0.1, -0.05) is 18.6 Å². The lowest BCUT2D eigenvalue weighted by Crippen LogP contribution is -2.28. The summed E-state index contributed by atoms with van der Waals surface area (Å²) >= 11 is 0. The Hall–Kier alpha value is -1.84. The smallest absolute Gasteiger partial charge is 0.227 e. The first-order valence-corrected chi connectivity index (χ1v) is 8.88. The molecule has 2 amide bonds. The lowest BCUT2D eigenvalue weighted by molar-refractivity contribution is -0.123. The lowest BCUT2D eigenvalue weighted by atomic mass is 9.85. The molecular formula is C19H24N2O2. The first-order chi connectivity index (χ1) is 11.2. The van der Waals surface area contributed by atoms with Crippen molar-refractivity contribution >= 4 is 17.5 Å². The van der Waals surface area contributed by atoms with E-state index in [9.17, 15) is 9.59 Å². The molecule has 2 atom stereocenters. The third kappa shape index (κ3) is 3.41. The van der Waals surface area contributed by atoms with Crippen molar-refractivity contribution in [3.63, 3.8) is 0 Å². The van der Waals surface area contributed by atoms with Crippen LogP contribution in [0.1, 0.15) is 44.1 Å². The summed E-state index contributed by atoms with van der Waals surface area (Å²) in [6.45, 7) is 0.542. The van der Waals surface area contributed by atoms with Crippen molar-refractivity contribution in [2.24, 2.45) is 23.7 Å². The van der Waals surface area contributed by atoms with Gasteiger partial charge in [-0.15, -0.1) is 0 Å². The number of anilines is 1. The molecule has 0 radical (unpaired) electrons. The number of benzene rings is 1. The van der Waals surface area contributed by atoms with Crippen LogP contribution in [0.25, 0.3) is 0 Å². The molecule has 122 valence electrons. The molecule has 0 aromatic heterocycles. The summed E-state index contributed by atoms with van der Waals surface area (Å²) in [6, 6.07) is 7.79. The highest BCUT2D eigenvalue weighted by molar-refractivity contribution is 5.93. The van der Waals surface area contributed by atoms with Gasteiger partial charge in [0.1, 0.15) is 0 Å². The minimum Gasteiger partial charge on any atom is -0.352 e. The fourth-order valence-electron chi connectivity index (χ4n) is 3.56. The minimum atomic E-state index is 0.127. The van der Waals surface area contributed by atoms with Crippen LogP contribution >= 0.6 is 0 Å². The summed E-state index contributed by atoms with van der Waals surface area (Å²) in [5.41, 5.74) is 1.87. The fourth-order valence-corrected chi connectivity index (χ4v) is 3.56. The molecule has 3 fully saturated rings. The van der Waals surface area contributed by atoms with Crippen LogP contribution in [0.2, 0.25) is 0 Å². The summed E-state index contributed by atoms with van der Waals surface area (Å²) in [5.74, 6) is 2.25. The lowest BCUT2D eigenvalue weighted by Gasteiger charge is -2.24. The topological polar surface area (TPSA) is 58.2 Å². The molecule has 0 heterocycles. The van der Waals surface area contributed by atoms with Gasteiger partial charge in [-0.05, 0) is 61.6 Å². The van der Waals surface area contributed by atoms with Gasteiger partial charge in [0.25, 0.3) is 0 Å². The van der Waals surface area contributed by atoms with E-state index < -0.39 is 0 Å². The van der Waals surface area contributed by atoms with E-state index in [4.69, 9.17) is 0 Å². The molecule has 3 saturated carbocycles. The molecule has 0 aliphatic heterocycles. The summed E-state index contributed by atoms with van der Waals surface area (Å²) in [6.07, 6.45) is 6.88. The zero-order valence-electron chi connectivity index (χ0n) is 13.4. The number of hydrogen-bond acceptors (Lipinski definition) is 2. The number of carbonyl (C=O) groups is 2. The van der Waals surface area contributed by atoms with Crippen molar-refractivity contribution in [3.8, 4) is 0 Å². The monoisotopic (exact) mass is 312 g/mol. The van der Waals surface area contributed by atoms with E-state index in [2.05, 4.69) is 10.6 Å². The maximum absolute atomic E-state index is 12.1. The summed E-state index contributed by atoms with van der Waals surface area (Å²) in [4.78, 5) is 24.1. The van der Waals surface area contributed by atoms with Crippen molar-refractivity contribution < 1.29 is 9.59 Å². The molecular weight excluding hydrogens is 288 g/mol. The zero-order valence-corrected chi connectivity index (χ0v) is 13.4. The molecule has 23 heavy (non-hydrogen) atoms. The van der Waals surface area contributed by atoms with Crippen molar-refractivity contribution in [1.82, 2.24) is 5.32 Å². The van der Waals surface area contributed by atoms with Crippen LogP contribution in [0.15, 0.2) is 24.3 Å². The quantitative estimate of drug-likeness (QED) is 0.848. The molecule has 3 aliphatic rings. The van der Waals surface area contributed by atoms with Crippen LogP contribution < -0.4 is 10.6 Å². The van der Waals surface area contributed by atoms with E-state index in [0.29, 0.717) is 12.5 Å². The Morgan fingerprint density at radius 2 is 1.91 bits per heavy atom. The van der Waals surface area contributed by atoms with Crippen LogP contribution in [0, 0.1) is 23.7 Å². The Kier molecular flexibility index (Phi) is 3.83. The van der Waals surface area contributed by atoms with Crippen LogP contribution in [0.3, 0.4) is 0 Å². The second-order valence-corrected chi connectivity index (χ2v) is 7.38. The van der Waals surface area contributed by atoms with Crippen LogP contribution in [0.4, 0.5) is 5.69 Å². The Morgan fingerprint density at radius 3 is 2.61 bits per heavy atom. The second-order valence-electron chi connectivity index (χ2n) is 7.38. The van der Waals surface area contributed by atoms with Crippen LogP contribution in [-0.2, 0) is 16.1 Å². The van der Waals surface area contributed by atoms with Crippen molar-refractivity contribution in [3.05, 3.63) is 29.8 Å². The maximum atomic E-state index is 12.1.